The number of hydrogen-bond acceptors (Lipinski definition) is 4. The van der Waals surface area contributed by atoms with Crippen LogP contribution >= 0.6 is 0 Å². The van der Waals surface area contributed by atoms with Crippen LogP contribution in [0.2, 0.25) is 0 Å². The van der Waals surface area contributed by atoms with E-state index in [2.05, 4.69) is 12.2 Å². The summed E-state index contributed by atoms with van der Waals surface area (Å²) in [4.78, 5) is 11.6. The van der Waals surface area contributed by atoms with Gasteiger partial charge in [-0.05, 0) is 26.7 Å². The summed E-state index contributed by atoms with van der Waals surface area (Å²) in [7, 11) is 0. The lowest BCUT2D eigenvalue weighted by molar-refractivity contribution is -0.167. The van der Waals surface area contributed by atoms with Crippen LogP contribution in [0.15, 0.2) is 0 Å². The van der Waals surface area contributed by atoms with E-state index in [-0.39, 0.29) is 36.4 Å². The van der Waals surface area contributed by atoms with Gasteiger partial charge in [-0.25, -0.2) is 0 Å². The van der Waals surface area contributed by atoms with Gasteiger partial charge in [0, 0.05) is 6.42 Å². The van der Waals surface area contributed by atoms with Crippen LogP contribution in [0.3, 0.4) is 0 Å². The van der Waals surface area contributed by atoms with Crippen molar-refractivity contribution in [1.29, 1.82) is 0 Å². The number of ether oxygens (including phenoxy) is 3. The van der Waals surface area contributed by atoms with E-state index in [1.807, 2.05) is 13.8 Å². The molecular weight excluding hydrogens is 234 g/mol. The molecule has 0 spiro atoms. The maximum atomic E-state index is 11.6. The molecule has 1 N–H and O–H groups in total. The Labute approximate surface area is 107 Å². The first-order valence-electron chi connectivity index (χ1n) is 6.80. The van der Waals surface area contributed by atoms with Gasteiger partial charge >= 0.3 is 0 Å². The highest BCUT2D eigenvalue weighted by molar-refractivity contribution is 5.77. The van der Waals surface area contributed by atoms with E-state index in [9.17, 15) is 4.79 Å². The molecule has 0 radical (unpaired) electrons. The highest BCUT2D eigenvalue weighted by Gasteiger charge is 2.55. The Balaban J connectivity index is 1.85. The normalized spacial score (nSPS) is 46.2. The first-order valence-corrected chi connectivity index (χ1v) is 6.80. The monoisotopic (exact) mass is 255 g/mol. The van der Waals surface area contributed by atoms with Crippen LogP contribution in [0, 0.1) is 0 Å². The molecule has 0 aromatic carbocycles. The van der Waals surface area contributed by atoms with E-state index in [1.165, 1.54) is 0 Å². The molecule has 3 aliphatic heterocycles. The van der Waals surface area contributed by atoms with Gasteiger partial charge in [0.15, 0.2) is 5.79 Å². The summed E-state index contributed by atoms with van der Waals surface area (Å²) in [5.41, 5.74) is 0. The fourth-order valence-corrected chi connectivity index (χ4v) is 3.26. The first kappa shape index (κ1) is 12.4. The van der Waals surface area contributed by atoms with Crippen molar-refractivity contribution in [2.24, 2.45) is 0 Å². The second kappa shape index (κ2) is 4.18. The van der Waals surface area contributed by atoms with Crippen molar-refractivity contribution in [2.45, 2.75) is 76.3 Å². The molecule has 0 aliphatic carbocycles. The smallest absolute Gasteiger partial charge is 0.220 e. The third-order valence-electron chi connectivity index (χ3n) is 4.02. The highest BCUT2D eigenvalue weighted by atomic mass is 16.8. The second-order valence-electron chi connectivity index (χ2n) is 5.82. The van der Waals surface area contributed by atoms with E-state index in [1.54, 1.807) is 0 Å². The molecule has 3 heterocycles. The molecule has 0 unspecified atom stereocenters. The maximum Gasteiger partial charge on any atom is 0.220 e. The molecule has 0 aromatic rings. The molecule has 1 amide bonds. The molecule has 102 valence electrons. The van der Waals surface area contributed by atoms with Crippen LogP contribution in [0.4, 0.5) is 0 Å². The van der Waals surface area contributed by atoms with Crippen LogP contribution in [-0.4, -0.2) is 42.2 Å². The van der Waals surface area contributed by atoms with Crippen molar-refractivity contribution in [1.82, 2.24) is 5.32 Å². The second-order valence-corrected chi connectivity index (χ2v) is 5.82. The predicted octanol–water partition coefficient (Wildman–Crippen LogP) is 0.962. The minimum Gasteiger partial charge on any atom is -0.370 e. The molecule has 0 saturated carbocycles. The summed E-state index contributed by atoms with van der Waals surface area (Å²) >= 11 is 0. The summed E-state index contributed by atoms with van der Waals surface area (Å²) < 4.78 is 18.0. The molecule has 5 nitrogen and oxygen atoms in total. The van der Waals surface area contributed by atoms with Crippen LogP contribution in [0.1, 0.15) is 40.0 Å². The molecule has 0 bridgehead atoms. The van der Waals surface area contributed by atoms with Gasteiger partial charge in [-0.1, -0.05) is 6.92 Å². The summed E-state index contributed by atoms with van der Waals surface area (Å²) in [5, 5.41) is 3.00. The number of carbonyl (C=O) groups excluding carboxylic acids is 1. The summed E-state index contributed by atoms with van der Waals surface area (Å²) in [6.45, 7) is 5.92. The lowest BCUT2D eigenvalue weighted by atomic mass is 9.87. The van der Waals surface area contributed by atoms with Crippen LogP contribution in [0.25, 0.3) is 0 Å². The van der Waals surface area contributed by atoms with Gasteiger partial charge in [-0.15, -0.1) is 0 Å². The number of amides is 1. The van der Waals surface area contributed by atoms with Gasteiger partial charge in [0.1, 0.15) is 12.2 Å². The fourth-order valence-electron chi connectivity index (χ4n) is 3.26. The molecule has 3 aliphatic rings. The van der Waals surface area contributed by atoms with Crippen molar-refractivity contribution in [3.8, 4) is 0 Å². The molecular formula is C13H21NO4. The van der Waals surface area contributed by atoms with Crippen LogP contribution in [0.5, 0.6) is 0 Å². The van der Waals surface area contributed by atoms with Gasteiger partial charge in [0.2, 0.25) is 5.91 Å². The molecule has 0 aromatic heterocycles. The number of hydrogen-bond donors (Lipinski definition) is 1. The van der Waals surface area contributed by atoms with E-state index in [0.29, 0.717) is 6.42 Å². The van der Waals surface area contributed by atoms with E-state index in [0.717, 1.165) is 12.8 Å². The molecule has 3 saturated heterocycles. The number of carbonyl (C=O) groups is 1. The Morgan fingerprint density at radius 1 is 1.33 bits per heavy atom. The predicted molar refractivity (Wildman–Crippen MR) is 63.9 cm³/mol. The van der Waals surface area contributed by atoms with E-state index in [4.69, 9.17) is 14.2 Å². The maximum absolute atomic E-state index is 11.6. The highest BCUT2D eigenvalue weighted by Crippen LogP contribution is 2.40. The van der Waals surface area contributed by atoms with Crippen molar-refractivity contribution in [2.75, 3.05) is 0 Å². The summed E-state index contributed by atoms with van der Waals surface area (Å²) in [5.74, 6) is -0.509. The van der Waals surface area contributed by atoms with Crippen molar-refractivity contribution >= 4 is 5.91 Å². The van der Waals surface area contributed by atoms with Gasteiger partial charge in [-0.2, -0.15) is 0 Å². The van der Waals surface area contributed by atoms with Crippen molar-refractivity contribution in [3.63, 3.8) is 0 Å². The molecule has 5 atom stereocenters. The van der Waals surface area contributed by atoms with Crippen LogP contribution < -0.4 is 5.32 Å². The zero-order valence-corrected chi connectivity index (χ0v) is 11.1. The van der Waals surface area contributed by atoms with Gasteiger partial charge < -0.3 is 19.5 Å². The van der Waals surface area contributed by atoms with Crippen molar-refractivity contribution in [3.05, 3.63) is 0 Å². The fraction of sp³-hybridized carbons (Fsp3) is 0.923. The minimum absolute atomic E-state index is 0.0615. The Morgan fingerprint density at radius 2 is 2.06 bits per heavy atom. The SMILES string of the molecule is CC[C@H]1O[C@H]2CCC(=O)N[C@H]2[C@H]2OC(C)(C)O[C@H]21. The Bertz CT molecular complexity index is 357. The molecule has 3 fully saturated rings. The topological polar surface area (TPSA) is 56.8 Å². The average Bonchev–Trinajstić information content (AvgIpc) is 2.64. The third-order valence-corrected chi connectivity index (χ3v) is 4.02. The number of fused-ring (bicyclic) bond motifs is 3. The quantitative estimate of drug-likeness (QED) is 0.758. The van der Waals surface area contributed by atoms with Gasteiger partial charge in [0.25, 0.3) is 0 Å². The summed E-state index contributed by atoms with van der Waals surface area (Å²) in [6.07, 6.45) is 2.17. The third kappa shape index (κ3) is 1.94. The number of nitrogens with one attached hydrogen (secondary N) is 1. The Kier molecular flexibility index (Phi) is 2.88. The van der Waals surface area contributed by atoms with Gasteiger partial charge in [-0.3, -0.25) is 4.79 Å². The minimum atomic E-state index is -0.594. The zero-order valence-electron chi connectivity index (χ0n) is 11.1. The van der Waals surface area contributed by atoms with E-state index >= 15 is 0 Å². The number of piperidine rings is 1. The largest absolute Gasteiger partial charge is 0.370 e. The average molecular weight is 255 g/mol. The summed E-state index contributed by atoms with van der Waals surface area (Å²) in [6, 6.07) is -0.0687. The van der Waals surface area contributed by atoms with E-state index < -0.39 is 5.79 Å². The molecule has 3 rings (SSSR count). The standard InChI is InChI=1S/C13H21NO4/c1-4-7-11-12(18-13(2,3)17-11)10-8(16-7)5-6-9(15)14-10/h7-8,10-12H,4-6H2,1-3H3,(H,14,15)/t7-,8+,10-,11+,12-/m1/s1. The van der Waals surface area contributed by atoms with Crippen LogP contribution in [-0.2, 0) is 19.0 Å². The van der Waals surface area contributed by atoms with Crippen molar-refractivity contribution < 1.29 is 19.0 Å². The Hall–Kier alpha value is -0.650. The Morgan fingerprint density at radius 3 is 2.78 bits per heavy atom. The first-order chi connectivity index (χ1) is 8.50. The lowest BCUT2D eigenvalue weighted by Gasteiger charge is -2.44. The zero-order chi connectivity index (χ0) is 12.9. The number of rotatable bonds is 1. The van der Waals surface area contributed by atoms with Gasteiger partial charge in [0.05, 0.1) is 18.2 Å². The molecule has 5 heteroatoms. The lowest BCUT2D eigenvalue weighted by Crippen LogP contribution is -2.64. The molecule has 18 heavy (non-hydrogen) atoms.